The van der Waals surface area contributed by atoms with E-state index in [1.807, 2.05) is 18.2 Å². The van der Waals surface area contributed by atoms with Crippen LogP contribution in [-0.2, 0) is 23.6 Å². The Morgan fingerprint density at radius 1 is 1.29 bits per heavy atom. The lowest BCUT2D eigenvalue weighted by Gasteiger charge is -2.07. The van der Waals surface area contributed by atoms with Gasteiger partial charge in [0.05, 0.1) is 16.0 Å². The van der Waals surface area contributed by atoms with Crippen LogP contribution in [0.3, 0.4) is 0 Å². The van der Waals surface area contributed by atoms with E-state index in [2.05, 4.69) is 10.0 Å². The summed E-state index contributed by atoms with van der Waals surface area (Å²) in [5.41, 5.74) is 2.01. The molecular weight excluding hydrogens is 310 g/mol. The van der Waals surface area contributed by atoms with Crippen LogP contribution >= 0.6 is 11.3 Å². The lowest BCUT2D eigenvalue weighted by atomic mass is 10.2. The standard InChI is InChI=1S/C13H19N3O3S2/c1-3-21(18,19)15-7-6-14-9-10-4-5-11-12(8-10)20-13(17)16(11)2/h4-5,8,14-15H,3,6-7,9H2,1-2H3. The van der Waals surface area contributed by atoms with Gasteiger partial charge in [-0.25, -0.2) is 13.1 Å². The van der Waals surface area contributed by atoms with Gasteiger partial charge in [0.2, 0.25) is 10.0 Å². The maximum atomic E-state index is 11.6. The van der Waals surface area contributed by atoms with Crippen molar-refractivity contribution < 1.29 is 8.42 Å². The van der Waals surface area contributed by atoms with Gasteiger partial charge in [-0.15, -0.1) is 0 Å². The summed E-state index contributed by atoms with van der Waals surface area (Å²) in [5, 5.41) is 3.18. The number of nitrogens with zero attached hydrogens (tertiary/aromatic N) is 1. The molecule has 0 atom stereocenters. The number of aryl methyl sites for hydroxylation is 1. The number of hydrogen-bond acceptors (Lipinski definition) is 5. The Labute approximate surface area is 127 Å². The third-order valence-corrected chi connectivity index (χ3v) is 5.59. The molecule has 21 heavy (non-hydrogen) atoms. The average molecular weight is 329 g/mol. The topological polar surface area (TPSA) is 80.2 Å². The Morgan fingerprint density at radius 2 is 2.05 bits per heavy atom. The van der Waals surface area contributed by atoms with Crippen LogP contribution in [0.25, 0.3) is 10.2 Å². The van der Waals surface area contributed by atoms with Crippen LogP contribution in [0.5, 0.6) is 0 Å². The summed E-state index contributed by atoms with van der Waals surface area (Å²) in [6, 6.07) is 5.90. The van der Waals surface area contributed by atoms with Crippen LogP contribution in [0.15, 0.2) is 23.0 Å². The highest BCUT2D eigenvalue weighted by Crippen LogP contribution is 2.18. The second-order valence-corrected chi connectivity index (χ2v) is 7.79. The van der Waals surface area contributed by atoms with Crippen LogP contribution in [0.1, 0.15) is 12.5 Å². The number of rotatable bonds is 7. The molecule has 2 rings (SSSR count). The Hall–Kier alpha value is -1.22. The molecule has 0 bridgehead atoms. The van der Waals surface area contributed by atoms with Crippen molar-refractivity contribution in [3.63, 3.8) is 0 Å². The Kier molecular flexibility index (Phi) is 5.15. The van der Waals surface area contributed by atoms with Crippen molar-refractivity contribution in [3.8, 4) is 0 Å². The number of fused-ring (bicyclic) bond motifs is 1. The molecule has 0 amide bonds. The molecule has 6 nitrogen and oxygen atoms in total. The minimum Gasteiger partial charge on any atom is -0.311 e. The van der Waals surface area contributed by atoms with Crippen LogP contribution < -0.4 is 14.9 Å². The van der Waals surface area contributed by atoms with E-state index >= 15 is 0 Å². The second-order valence-electron chi connectivity index (χ2n) is 4.70. The molecular formula is C13H19N3O3S2. The first kappa shape index (κ1) is 16.2. The third kappa shape index (κ3) is 4.13. The minimum atomic E-state index is -3.12. The largest absolute Gasteiger partial charge is 0.311 e. The quantitative estimate of drug-likeness (QED) is 0.730. The van der Waals surface area contributed by atoms with Gasteiger partial charge in [-0.3, -0.25) is 4.79 Å². The molecule has 0 aliphatic carbocycles. The third-order valence-electron chi connectivity index (χ3n) is 3.19. The number of benzene rings is 1. The van der Waals surface area contributed by atoms with Gasteiger partial charge in [-0.05, 0) is 24.6 Å². The molecule has 1 aromatic heterocycles. The Morgan fingerprint density at radius 3 is 2.76 bits per heavy atom. The highest BCUT2D eigenvalue weighted by Gasteiger charge is 2.06. The van der Waals surface area contributed by atoms with E-state index in [0.29, 0.717) is 19.6 Å². The molecule has 1 heterocycles. The average Bonchev–Trinajstić information content (AvgIpc) is 2.73. The monoisotopic (exact) mass is 329 g/mol. The van der Waals surface area contributed by atoms with Gasteiger partial charge >= 0.3 is 4.87 Å². The molecule has 0 aliphatic heterocycles. The highest BCUT2D eigenvalue weighted by molar-refractivity contribution is 7.89. The van der Waals surface area contributed by atoms with E-state index in [9.17, 15) is 13.2 Å². The van der Waals surface area contributed by atoms with Crippen molar-refractivity contribution in [1.29, 1.82) is 0 Å². The predicted octanol–water partition coefficient (Wildman–Crippen LogP) is 0.629. The number of nitrogens with one attached hydrogen (secondary N) is 2. The van der Waals surface area contributed by atoms with Crippen molar-refractivity contribution in [2.24, 2.45) is 7.05 Å². The van der Waals surface area contributed by atoms with E-state index in [0.717, 1.165) is 15.8 Å². The summed E-state index contributed by atoms with van der Waals surface area (Å²) < 4.78 is 27.6. The molecule has 1 aromatic carbocycles. The summed E-state index contributed by atoms with van der Waals surface area (Å²) in [6.45, 7) is 3.18. The number of thiazole rings is 1. The molecule has 0 radical (unpaired) electrons. The molecule has 0 spiro atoms. The van der Waals surface area contributed by atoms with Gasteiger partial charge < -0.3 is 9.88 Å². The van der Waals surface area contributed by atoms with Gasteiger partial charge in [0.25, 0.3) is 0 Å². The number of hydrogen-bond donors (Lipinski definition) is 2. The van der Waals surface area contributed by atoms with E-state index in [1.54, 1.807) is 18.5 Å². The van der Waals surface area contributed by atoms with Crippen LogP contribution in [0.4, 0.5) is 0 Å². The molecule has 0 saturated heterocycles. The number of aromatic nitrogens is 1. The summed E-state index contributed by atoms with van der Waals surface area (Å²) in [7, 11) is -1.36. The minimum absolute atomic E-state index is 0.0316. The molecule has 0 fully saturated rings. The second kappa shape index (κ2) is 6.69. The number of sulfonamides is 1. The molecule has 0 aliphatic rings. The van der Waals surface area contributed by atoms with Gasteiger partial charge in [0, 0.05) is 26.7 Å². The van der Waals surface area contributed by atoms with E-state index in [-0.39, 0.29) is 10.6 Å². The SMILES string of the molecule is CCS(=O)(=O)NCCNCc1ccc2c(c1)sc(=O)n2C. The first-order valence-electron chi connectivity index (χ1n) is 6.69. The fourth-order valence-electron chi connectivity index (χ4n) is 1.92. The highest BCUT2D eigenvalue weighted by atomic mass is 32.2. The van der Waals surface area contributed by atoms with Gasteiger partial charge in [-0.2, -0.15) is 0 Å². The van der Waals surface area contributed by atoms with E-state index in [4.69, 9.17) is 0 Å². The van der Waals surface area contributed by atoms with Gasteiger partial charge in [0.1, 0.15) is 0 Å². The normalized spacial score (nSPS) is 12.1. The van der Waals surface area contributed by atoms with Gasteiger partial charge in [0.15, 0.2) is 0 Å². The van der Waals surface area contributed by atoms with Crippen molar-refractivity contribution in [3.05, 3.63) is 33.4 Å². The van der Waals surface area contributed by atoms with Crippen molar-refractivity contribution >= 4 is 31.6 Å². The molecule has 116 valence electrons. The summed E-state index contributed by atoms with van der Waals surface area (Å²) in [5.74, 6) is 0.0938. The zero-order chi connectivity index (χ0) is 15.5. The first-order valence-corrected chi connectivity index (χ1v) is 9.16. The Balaban J connectivity index is 1.88. The van der Waals surface area contributed by atoms with E-state index < -0.39 is 10.0 Å². The lowest BCUT2D eigenvalue weighted by Crippen LogP contribution is -2.32. The van der Waals surface area contributed by atoms with Crippen molar-refractivity contribution in [2.75, 3.05) is 18.8 Å². The molecule has 2 aromatic rings. The molecule has 8 heteroatoms. The molecule has 0 saturated carbocycles. The summed E-state index contributed by atoms with van der Waals surface area (Å²) in [4.78, 5) is 11.6. The van der Waals surface area contributed by atoms with Crippen molar-refractivity contribution in [2.45, 2.75) is 13.5 Å². The summed E-state index contributed by atoms with van der Waals surface area (Å²) >= 11 is 1.23. The zero-order valence-corrected chi connectivity index (χ0v) is 13.7. The Bertz CT molecular complexity index is 778. The maximum Gasteiger partial charge on any atom is 0.307 e. The zero-order valence-electron chi connectivity index (χ0n) is 12.0. The van der Waals surface area contributed by atoms with Crippen LogP contribution in [0, 0.1) is 0 Å². The molecule has 0 unspecified atom stereocenters. The fourth-order valence-corrected chi connectivity index (χ4v) is 3.48. The summed E-state index contributed by atoms with van der Waals surface area (Å²) in [6.07, 6.45) is 0. The fraction of sp³-hybridized carbons (Fsp3) is 0.462. The van der Waals surface area contributed by atoms with Crippen LogP contribution in [0.2, 0.25) is 0 Å². The lowest BCUT2D eigenvalue weighted by molar-refractivity contribution is 0.577. The van der Waals surface area contributed by atoms with Crippen molar-refractivity contribution in [1.82, 2.24) is 14.6 Å². The van der Waals surface area contributed by atoms with Gasteiger partial charge in [-0.1, -0.05) is 17.4 Å². The smallest absolute Gasteiger partial charge is 0.307 e. The first-order chi connectivity index (χ1) is 9.93. The molecule has 2 N–H and O–H groups in total. The maximum absolute atomic E-state index is 11.6. The van der Waals surface area contributed by atoms with Crippen LogP contribution in [-0.4, -0.2) is 31.8 Å². The van der Waals surface area contributed by atoms with E-state index in [1.165, 1.54) is 11.3 Å². The predicted molar refractivity (Wildman–Crippen MR) is 86.2 cm³/mol.